The van der Waals surface area contributed by atoms with Crippen LogP contribution in [0.25, 0.3) is 0 Å². The SMILES string of the molecule is CCCC1CCC(C(O)c2ccc(OC)cc2)CC1. The monoisotopic (exact) mass is 262 g/mol. The lowest BCUT2D eigenvalue weighted by Crippen LogP contribution is -2.20. The first-order valence-corrected chi connectivity index (χ1v) is 7.56. The van der Waals surface area contributed by atoms with E-state index < -0.39 is 0 Å². The first-order valence-electron chi connectivity index (χ1n) is 7.56. The maximum absolute atomic E-state index is 10.5. The smallest absolute Gasteiger partial charge is 0.118 e. The molecule has 1 aromatic carbocycles. The molecule has 0 saturated heterocycles. The number of methoxy groups -OCH3 is 1. The Labute approximate surface area is 116 Å². The second kappa shape index (κ2) is 6.95. The lowest BCUT2D eigenvalue weighted by molar-refractivity contribution is 0.0722. The van der Waals surface area contributed by atoms with Gasteiger partial charge in [0, 0.05) is 0 Å². The molecule has 1 N–H and O–H groups in total. The molecule has 1 aromatic rings. The van der Waals surface area contributed by atoms with Gasteiger partial charge in [0.15, 0.2) is 0 Å². The molecule has 19 heavy (non-hydrogen) atoms. The summed E-state index contributed by atoms with van der Waals surface area (Å²) in [7, 11) is 1.67. The van der Waals surface area contributed by atoms with Crippen LogP contribution in [0.3, 0.4) is 0 Å². The number of hydrogen-bond acceptors (Lipinski definition) is 2. The van der Waals surface area contributed by atoms with Crippen molar-refractivity contribution < 1.29 is 9.84 Å². The molecule has 0 heterocycles. The highest BCUT2D eigenvalue weighted by atomic mass is 16.5. The average molecular weight is 262 g/mol. The van der Waals surface area contributed by atoms with Crippen molar-refractivity contribution in [2.75, 3.05) is 7.11 Å². The van der Waals surface area contributed by atoms with Crippen LogP contribution in [0.4, 0.5) is 0 Å². The van der Waals surface area contributed by atoms with Gasteiger partial charge < -0.3 is 9.84 Å². The molecule has 0 bridgehead atoms. The van der Waals surface area contributed by atoms with Gasteiger partial charge in [0.05, 0.1) is 13.2 Å². The molecule has 1 aliphatic carbocycles. The van der Waals surface area contributed by atoms with Gasteiger partial charge in [-0.25, -0.2) is 0 Å². The summed E-state index contributed by atoms with van der Waals surface area (Å²) in [5.74, 6) is 2.17. The van der Waals surface area contributed by atoms with Gasteiger partial charge in [0.1, 0.15) is 5.75 Å². The highest BCUT2D eigenvalue weighted by Gasteiger charge is 2.26. The molecular weight excluding hydrogens is 236 g/mol. The maximum atomic E-state index is 10.5. The van der Waals surface area contributed by atoms with E-state index in [0.717, 1.165) is 30.1 Å². The van der Waals surface area contributed by atoms with Crippen molar-refractivity contribution >= 4 is 0 Å². The average Bonchev–Trinajstić information content (AvgIpc) is 2.48. The minimum atomic E-state index is -0.312. The topological polar surface area (TPSA) is 29.5 Å². The Hall–Kier alpha value is -1.02. The molecule has 2 heteroatoms. The van der Waals surface area contributed by atoms with Gasteiger partial charge in [-0.2, -0.15) is 0 Å². The van der Waals surface area contributed by atoms with Crippen LogP contribution in [-0.4, -0.2) is 12.2 Å². The summed E-state index contributed by atoms with van der Waals surface area (Å²) in [6.45, 7) is 2.26. The van der Waals surface area contributed by atoms with E-state index >= 15 is 0 Å². The fourth-order valence-electron chi connectivity index (χ4n) is 3.27. The van der Waals surface area contributed by atoms with Gasteiger partial charge in [0.2, 0.25) is 0 Å². The van der Waals surface area contributed by atoms with E-state index in [2.05, 4.69) is 6.92 Å². The molecule has 0 aromatic heterocycles. The van der Waals surface area contributed by atoms with E-state index in [1.165, 1.54) is 25.7 Å². The summed E-state index contributed by atoms with van der Waals surface area (Å²) in [6.07, 6.45) is 7.23. The van der Waals surface area contributed by atoms with E-state index in [1.54, 1.807) is 7.11 Å². The highest BCUT2D eigenvalue weighted by molar-refractivity contribution is 5.28. The van der Waals surface area contributed by atoms with Gasteiger partial charge in [-0.3, -0.25) is 0 Å². The first kappa shape index (κ1) is 14.4. The summed E-state index contributed by atoms with van der Waals surface area (Å²) in [6, 6.07) is 7.84. The third-order valence-corrected chi connectivity index (χ3v) is 4.49. The van der Waals surface area contributed by atoms with Crippen LogP contribution in [-0.2, 0) is 0 Å². The van der Waals surface area contributed by atoms with Crippen molar-refractivity contribution in [1.29, 1.82) is 0 Å². The van der Waals surface area contributed by atoms with Crippen molar-refractivity contribution in [3.63, 3.8) is 0 Å². The van der Waals surface area contributed by atoms with E-state index in [-0.39, 0.29) is 6.10 Å². The van der Waals surface area contributed by atoms with Crippen LogP contribution >= 0.6 is 0 Å². The molecular formula is C17H26O2. The number of rotatable bonds is 5. The second-order valence-electron chi connectivity index (χ2n) is 5.79. The lowest BCUT2D eigenvalue weighted by atomic mass is 9.76. The van der Waals surface area contributed by atoms with E-state index in [0.29, 0.717) is 5.92 Å². The summed E-state index contributed by atoms with van der Waals surface area (Å²) in [4.78, 5) is 0. The number of aliphatic hydroxyl groups excluding tert-OH is 1. The molecule has 1 fully saturated rings. The van der Waals surface area contributed by atoms with Crippen LogP contribution < -0.4 is 4.74 Å². The number of ether oxygens (including phenoxy) is 1. The molecule has 1 unspecified atom stereocenters. The third-order valence-electron chi connectivity index (χ3n) is 4.49. The normalized spacial score (nSPS) is 25.0. The fraction of sp³-hybridized carbons (Fsp3) is 0.647. The second-order valence-corrected chi connectivity index (χ2v) is 5.79. The van der Waals surface area contributed by atoms with Crippen LogP contribution in [0.2, 0.25) is 0 Å². The minimum Gasteiger partial charge on any atom is -0.497 e. The lowest BCUT2D eigenvalue weighted by Gasteiger charge is -2.31. The van der Waals surface area contributed by atoms with Crippen molar-refractivity contribution in [3.8, 4) is 5.75 Å². The Morgan fingerprint density at radius 1 is 1.16 bits per heavy atom. The first-order chi connectivity index (χ1) is 9.24. The summed E-state index contributed by atoms with van der Waals surface area (Å²) in [5.41, 5.74) is 1.03. The molecule has 106 valence electrons. The molecule has 0 aliphatic heterocycles. The van der Waals surface area contributed by atoms with Gasteiger partial charge in [-0.05, 0) is 42.4 Å². The standard InChI is InChI=1S/C17H26O2/c1-3-4-13-5-7-14(8-6-13)17(18)15-9-11-16(19-2)12-10-15/h9-14,17-18H,3-8H2,1-2H3. The molecule has 0 radical (unpaired) electrons. The van der Waals surface area contributed by atoms with Crippen molar-refractivity contribution in [2.24, 2.45) is 11.8 Å². The summed E-state index contributed by atoms with van der Waals surface area (Å²) in [5, 5.41) is 10.5. The van der Waals surface area contributed by atoms with Crippen LogP contribution in [0, 0.1) is 11.8 Å². The summed E-state index contributed by atoms with van der Waals surface area (Å²) >= 11 is 0. The predicted molar refractivity (Wildman–Crippen MR) is 78.3 cm³/mol. The Morgan fingerprint density at radius 2 is 1.79 bits per heavy atom. The fourth-order valence-corrected chi connectivity index (χ4v) is 3.27. The quantitative estimate of drug-likeness (QED) is 0.855. The van der Waals surface area contributed by atoms with Crippen LogP contribution in [0.5, 0.6) is 5.75 Å². The zero-order valence-electron chi connectivity index (χ0n) is 12.1. The molecule has 0 spiro atoms. The molecule has 1 atom stereocenters. The molecule has 2 rings (SSSR count). The molecule has 0 amide bonds. The molecule has 2 nitrogen and oxygen atoms in total. The minimum absolute atomic E-state index is 0.312. The van der Waals surface area contributed by atoms with Gasteiger partial charge in [-0.15, -0.1) is 0 Å². The number of benzene rings is 1. The Balaban J connectivity index is 1.91. The van der Waals surface area contributed by atoms with Gasteiger partial charge in [-0.1, -0.05) is 44.7 Å². The zero-order valence-corrected chi connectivity index (χ0v) is 12.1. The van der Waals surface area contributed by atoms with Crippen molar-refractivity contribution in [3.05, 3.63) is 29.8 Å². The van der Waals surface area contributed by atoms with E-state index in [1.807, 2.05) is 24.3 Å². The van der Waals surface area contributed by atoms with Gasteiger partial charge in [0.25, 0.3) is 0 Å². The largest absolute Gasteiger partial charge is 0.497 e. The van der Waals surface area contributed by atoms with Crippen molar-refractivity contribution in [2.45, 2.75) is 51.6 Å². The van der Waals surface area contributed by atoms with Gasteiger partial charge >= 0.3 is 0 Å². The van der Waals surface area contributed by atoms with Crippen LogP contribution in [0.1, 0.15) is 57.1 Å². The predicted octanol–water partition coefficient (Wildman–Crippen LogP) is 4.34. The third kappa shape index (κ3) is 3.73. The maximum Gasteiger partial charge on any atom is 0.118 e. The molecule has 1 aliphatic rings. The Bertz CT molecular complexity index is 363. The number of hydrogen-bond donors (Lipinski definition) is 1. The number of aliphatic hydroxyl groups is 1. The Kier molecular flexibility index (Phi) is 5.26. The summed E-state index contributed by atoms with van der Waals surface area (Å²) < 4.78 is 5.15. The van der Waals surface area contributed by atoms with E-state index in [4.69, 9.17) is 4.74 Å². The highest BCUT2D eigenvalue weighted by Crippen LogP contribution is 2.38. The van der Waals surface area contributed by atoms with Crippen LogP contribution in [0.15, 0.2) is 24.3 Å². The van der Waals surface area contributed by atoms with E-state index in [9.17, 15) is 5.11 Å². The van der Waals surface area contributed by atoms with Crippen molar-refractivity contribution in [1.82, 2.24) is 0 Å². The zero-order chi connectivity index (χ0) is 13.7. The molecule has 1 saturated carbocycles. The Morgan fingerprint density at radius 3 is 2.32 bits per heavy atom.